The number of anilines is 1. The van der Waals surface area contributed by atoms with E-state index in [0.717, 1.165) is 0 Å². The number of hydrogen-bond donors (Lipinski definition) is 1. The first-order valence-corrected chi connectivity index (χ1v) is 8.38. The summed E-state index contributed by atoms with van der Waals surface area (Å²) in [6.45, 7) is 1.79. The normalized spacial score (nSPS) is 10.2. The number of amides is 1. The van der Waals surface area contributed by atoms with E-state index in [1.165, 1.54) is 12.1 Å². The minimum absolute atomic E-state index is 0.241. The summed E-state index contributed by atoms with van der Waals surface area (Å²) in [5, 5.41) is 3.42. The van der Waals surface area contributed by atoms with Crippen molar-refractivity contribution in [1.82, 2.24) is 0 Å². The highest BCUT2D eigenvalue weighted by Crippen LogP contribution is 2.32. The second kappa shape index (κ2) is 8.94. The third-order valence-corrected chi connectivity index (χ3v) is 4.05. The third-order valence-electron chi connectivity index (χ3n) is 3.02. The van der Waals surface area contributed by atoms with Gasteiger partial charge in [0.25, 0.3) is 5.91 Å². The predicted molar refractivity (Wildman–Crippen MR) is 98.0 cm³/mol. The minimum Gasteiger partial charge on any atom is -0.484 e. The molecule has 0 saturated heterocycles. The van der Waals surface area contributed by atoms with Crippen molar-refractivity contribution < 1.29 is 19.1 Å². The molecule has 5 nitrogen and oxygen atoms in total. The zero-order chi connectivity index (χ0) is 18.4. The van der Waals surface area contributed by atoms with Gasteiger partial charge < -0.3 is 14.8 Å². The lowest BCUT2D eigenvalue weighted by atomic mass is 10.2. The van der Waals surface area contributed by atoms with Crippen LogP contribution in [0.2, 0.25) is 15.1 Å². The summed E-state index contributed by atoms with van der Waals surface area (Å²) in [5.41, 5.74) is 0.739. The fraction of sp³-hybridized carbons (Fsp3) is 0.176. The Hall–Kier alpha value is -1.95. The first-order chi connectivity index (χ1) is 11.9. The molecular formula is C17H14Cl3NO4. The van der Waals surface area contributed by atoms with E-state index in [4.69, 9.17) is 44.3 Å². The van der Waals surface area contributed by atoms with E-state index in [1.54, 1.807) is 31.2 Å². The van der Waals surface area contributed by atoms with Crippen LogP contribution in [-0.4, -0.2) is 25.1 Å². The number of hydrogen-bond acceptors (Lipinski definition) is 4. The number of benzene rings is 2. The summed E-state index contributed by atoms with van der Waals surface area (Å²) >= 11 is 17.7. The summed E-state index contributed by atoms with van der Waals surface area (Å²) in [4.78, 5) is 23.5. The van der Waals surface area contributed by atoms with Crippen LogP contribution in [0, 0.1) is 0 Å². The molecule has 0 aliphatic rings. The second-order valence-corrected chi connectivity index (χ2v) is 6.05. The summed E-state index contributed by atoms with van der Waals surface area (Å²) in [7, 11) is 0. The Morgan fingerprint density at radius 3 is 2.28 bits per heavy atom. The van der Waals surface area contributed by atoms with Gasteiger partial charge in [0.1, 0.15) is 5.75 Å². The standard InChI is InChI=1S/C17H14Cl3NO4/c1-2-24-17(23)10-3-5-11(6-4-10)25-9-16(22)21-15-8-13(19)12(18)7-14(15)20/h3-8H,2,9H2,1H3,(H,21,22). The van der Waals surface area contributed by atoms with Crippen LogP contribution in [0.5, 0.6) is 5.75 Å². The Balaban J connectivity index is 1.92. The van der Waals surface area contributed by atoms with Gasteiger partial charge in [-0.1, -0.05) is 34.8 Å². The molecule has 1 amide bonds. The maximum absolute atomic E-state index is 11.9. The van der Waals surface area contributed by atoms with E-state index in [9.17, 15) is 9.59 Å². The molecule has 0 aliphatic heterocycles. The minimum atomic E-state index is -0.422. The molecule has 132 valence electrons. The van der Waals surface area contributed by atoms with Gasteiger partial charge in [-0.25, -0.2) is 4.79 Å². The lowest BCUT2D eigenvalue weighted by molar-refractivity contribution is -0.118. The van der Waals surface area contributed by atoms with Crippen molar-refractivity contribution in [2.75, 3.05) is 18.5 Å². The van der Waals surface area contributed by atoms with Crippen LogP contribution in [0.3, 0.4) is 0 Å². The van der Waals surface area contributed by atoms with E-state index in [2.05, 4.69) is 5.32 Å². The molecule has 2 rings (SSSR count). The van der Waals surface area contributed by atoms with Crippen molar-refractivity contribution in [1.29, 1.82) is 0 Å². The van der Waals surface area contributed by atoms with Crippen molar-refractivity contribution >= 4 is 52.4 Å². The molecule has 0 aromatic heterocycles. The lowest BCUT2D eigenvalue weighted by Crippen LogP contribution is -2.20. The SMILES string of the molecule is CCOC(=O)c1ccc(OCC(=O)Nc2cc(Cl)c(Cl)cc2Cl)cc1. The van der Waals surface area contributed by atoms with Crippen LogP contribution >= 0.6 is 34.8 Å². The lowest BCUT2D eigenvalue weighted by Gasteiger charge is -2.10. The molecule has 0 spiro atoms. The van der Waals surface area contributed by atoms with Gasteiger partial charge in [0.15, 0.2) is 6.61 Å². The summed E-state index contributed by atoms with van der Waals surface area (Å²) in [5.74, 6) is -0.403. The molecule has 8 heteroatoms. The number of esters is 1. The highest BCUT2D eigenvalue weighted by Gasteiger charge is 2.11. The van der Waals surface area contributed by atoms with E-state index in [0.29, 0.717) is 28.6 Å². The van der Waals surface area contributed by atoms with Crippen molar-refractivity contribution in [3.63, 3.8) is 0 Å². The van der Waals surface area contributed by atoms with Gasteiger partial charge in [-0.2, -0.15) is 0 Å². The van der Waals surface area contributed by atoms with E-state index in [1.807, 2.05) is 0 Å². The predicted octanol–water partition coefficient (Wildman–Crippen LogP) is 4.84. The number of carbonyl (C=O) groups is 2. The van der Waals surface area contributed by atoms with Gasteiger partial charge in [-0.15, -0.1) is 0 Å². The topological polar surface area (TPSA) is 64.6 Å². The average Bonchev–Trinajstić information content (AvgIpc) is 2.58. The fourth-order valence-corrected chi connectivity index (χ4v) is 2.45. The van der Waals surface area contributed by atoms with Crippen LogP contribution in [0.25, 0.3) is 0 Å². The maximum atomic E-state index is 11.9. The highest BCUT2D eigenvalue weighted by molar-refractivity contribution is 6.44. The van der Waals surface area contributed by atoms with E-state index in [-0.39, 0.29) is 16.7 Å². The average molecular weight is 403 g/mol. The summed E-state index contributed by atoms with van der Waals surface area (Å²) in [6, 6.07) is 9.16. The van der Waals surface area contributed by atoms with E-state index < -0.39 is 11.9 Å². The smallest absolute Gasteiger partial charge is 0.338 e. The fourth-order valence-electron chi connectivity index (χ4n) is 1.86. The van der Waals surface area contributed by atoms with Crippen LogP contribution in [0.15, 0.2) is 36.4 Å². The molecule has 0 fully saturated rings. The Morgan fingerprint density at radius 1 is 1.00 bits per heavy atom. The van der Waals surface area contributed by atoms with Crippen LogP contribution in [-0.2, 0) is 9.53 Å². The third kappa shape index (κ3) is 5.53. The molecule has 25 heavy (non-hydrogen) atoms. The van der Waals surface area contributed by atoms with Crippen LogP contribution < -0.4 is 10.1 Å². The van der Waals surface area contributed by atoms with Crippen molar-refractivity contribution in [3.05, 3.63) is 57.0 Å². The highest BCUT2D eigenvalue weighted by atomic mass is 35.5. The molecule has 0 aliphatic carbocycles. The first-order valence-electron chi connectivity index (χ1n) is 7.25. The molecule has 0 unspecified atom stereocenters. The molecule has 1 N–H and O–H groups in total. The molecule has 2 aromatic rings. The van der Waals surface area contributed by atoms with Crippen molar-refractivity contribution in [2.45, 2.75) is 6.92 Å². The number of carbonyl (C=O) groups excluding carboxylic acids is 2. The second-order valence-electron chi connectivity index (χ2n) is 4.83. The molecule has 0 saturated carbocycles. The van der Waals surface area contributed by atoms with Gasteiger partial charge in [0.05, 0.1) is 32.9 Å². The Morgan fingerprint density at radius 2 is 1.64 bits per heavy atom. The number of nitrogens with one attached hydrogen (secondary N) is 1. The quantitative estimate of drug-likeness (QED) is 0.554. The van der Waals surface area contributed by atoms with Gasteiger partial charge in [-0.05, 0) is 43.3 Å². The number of halogens is 3. The Bertz CT molecular complexity index is 778. The van der Waals surface area contributed by atoms with Gasteiger partial charge in [-0.3, -0.25) is 4.79 Å². The molecule has 0 heterocycles. The van der Waals surface area contributed by atoms with Crippen molar-refractivity contribution in [3.8, 4) is 5.75 Å². The summed E-state index contributed by atoms with van der Waals surface area (Å²) in [6.07, 6.45) is 0. The Kier molecular flexibility index (Phi) is 6.93. The molecule has 2 aromatic carbocycles. The largest absolute Gasteiger partial charge is 0.484 e. The summed E-state index contributed by atoms with van der Waals surface area (Å²) < 4.78 is 10.2. The zero-order valence-corrected chi connectivity index (χ0v) is 15.4. The molecule has 0 radical (unpaired) electrons. The Labute approximate surface area is 159 Å². The number of rotatable bonds is 6. The molecule has 0 bridgehead atoms. The van der Waals surface area contributed by atoms with Gasteiger partial charge in [0, 0.05) is 0 Å². The zero-order valence-electron chi connectivity index (χ0n) is 13.1. The molecule has 0 atom stereocenters. The monoisotopic (exact) mass is 401 g/mol. The van der Waals surface area contributed by atoms with Crippen molar-refractivity contribution in [2.24, 2.45) is 0 Å². The maximum Gasteiger partial charge on any atom is 0.338 e. The van der Waals surface area contributed by atoms with Crippen LogP contribution in [0.4, 0.5) is 5.69 Å². The van der Waals surface area contributed by atoms with E-state index >= 15 is 0 Å². The van der Waals surface area contributed by atoms with Gasteiger partial charge in [0.2, 0.25) is 0 Å². The first kappa shape index (κ1) is 19.4. The van der Waals surface area contributed by atoms with Gasteiger partial charge >= 0.3 is 5.97 Å². The number of ether oxygens (including phenoxy) is 2. The molecular weight excluding hydrogens is 389 g/mol. The van der Waals surface area contributed by atoms with Crippen LogP contribution in [0.1, 0.15) is 17.3 Å².